The van der Waals surface area contributed by atoms with Gasteiger partial charge in [-0.25, -0.2) is 13.8 Å². The minimum Gasteiger partial charge on any atom is -0.488 e. The van der Waals surface area contributed by atoms with Crippen molar-refractivity contribution in [2.45, 2.75) is 6.61 Å². The molecule has 0 bridgehead atoms. The van der Waals surface area contributed by atoms with Crippen molar-refractivity contribution in [1.82, 2.24) is 9.88 Å². The van der Waals surface area contributed by atoms with Crippen LogP contribution in [0.2, 0.25) is 0 Å². The molecule has 3 aromatic rings. The van der Waals surface area contributed by atoms with Crippen LogP contribution in [0.5, 0.6) is 5.75 Å². The standard InChI is InChI=1S/C21H18F2N2O2S2/c22-16-5-3-6-17(23)15(16)12-27-19-7-2-1-4-14(19)20-24-18(13-29-20)21(26)25-8-10-28-11-9-25/h1-7,13H,8-12H2. The molecule has 0 aliphatic carbocycles. The maximum absolute atomic E-state index is 13.9. The summed E-state index contributed by atoms with van der Waals surface area (Å²) in [5.74, 6) is 0.962. The lowest BCUT2D eigenvalue weighted by molar-refractivity contribution is 0.0767. The zero-order chi connectivity index (χ0) is 20.2. The molecule has 2 aromatic carbocycles. The Morgan fingerprint density at radius 3 is 2.55 bits per heavy atom. The van der Waals surface area contributed by atoms with Gasteiger partial charge in [0.25, 0.3) is 5.91 Å². The van der Waals surface area contributed by atoms with Gasteiger partial charge in [-0.2, -0.15) is 11.8 Å². The first-order chi connectivity index (χ1) is 14.1. The van der Waals surface area contributed by atoms with E-state index in [0.717, 1.165) is 24.6 Å². The van der Waals surface area contributed by atoms with Crippen molar-refractivity contribution < 1.29 is 18.3 Å². The van der Waals surface area contributed by atoms with Gasteiger partial charge in [-0.3, -0.25) is 4.79 Å². The maximum Gasteiger partial charge on any atom is 0.273 e. The first-order valence-corrected chi connectivity index (χ1v) is 11.1. The van der Waals surface area contributed by atoms with Crippen LogP contribution in [0, 0.1) is 11.6 Å². The number of halogens is 2. The lowest BCUT2D eigenvalue weighted by atomic mass is 10.2. The fourth-order valence-electron chi connectivity index (χ4n) is 3.01. The van der Waals surface area contributed by atoms with E-state index < -0.39 is 11.6 Å². The zero-order valence-corrected chi connectivity index (χ0v) is 17.1. The van der Waals surface area contributed by atoms with Crippen molar-refractivity contribution in [3.63, 3.8) is 0 Å². The van der Waals surface area contributed by atoms with Crippen molar-refractivity contribution in [2.75, 3.05) is 24.6 Å². The molecule has 0 atom stereocenters. The molecular weight excluding hydrogens is 414 g/mol. The molecule has 8 heteroatoms. The highest BCUT2D eigenvalue weighted by atomic mass is 32.2. The molecule has 1 aromatic heterocycles. The Hall–Kier alpha value is -2.45. The highest BCUT2D eigenvalue weighted by Gasteiger charge is 2.22. The summed E-state index contributed by atoms with van der Waals surface area (Å²) in [4.78, 5) is 19.0. The number of amides is 1. The number of thioether (sulfide) groups is 1. The summed E-state index contributed by atoms with van der Waals surface area (Å²) >= 11 is 3.18. The summed E-state index contributed by atoms with van der Waals surface area (Å²) in [6, 6.07) is 10.9. The summed E-state index contributed by atoms with van der Waals surface area (Å²) in [6.45, 7) is 1.21. The number of para-hydroxylation sites is 1. The average molecular weight is 433 g/mol. The van der Waals surface area contributed by atoms with Gasteiger partial charge in [0.15, 0.2) is 0 Å². The minimum absolute atomic E-state index is 0.0698. The van der Waals surface area contributed by atoms with E-state index in [1.165, 1.54) is 29.5 Å². The second-order valence-corrected chi connectivity index (χ2v) is 8.51. The predicted molar refractivity (Wildman–Crippen MR) is 111 cm³/mol. The van der Waals surface area contributed by atoms with Crippen molar-refractivity contribution in [3.05, 3.63) is 70.7 Å². The van der Waals surface area contributed by atoms with E-state index in [9.17, 15) is 13.6 Å². The molecule has 1 saturated heterocycles. The summed E-state index contributed by atoms with van der Waals surface area (Å²) in [7, 11) is 0. The summed E-state index contributed by atoms with van der Waals surface area (Å²) < 4.78 is 33.5. The molecule has 0 saturated carbocycles. The zero-order valence-electron chi connectivity index (χ0n) is 15.4. The van der Waals surface area contributed by atoms with Gasteiger partial charge >= 0.3 is 0 Å². The third-order valence-corrected chi connectivity index (χ3v) is 6.39. The lowest BCUT2D eigenvalue weighted by Gasteiger charge is -2.25. The van der Waals surface area contributed by atoms with E-state index in [2.05, 4.69) is 4.98 Å². The summed E-state index contributed by atoms with van der Waals surface area (Å²) in [5, 5.41) is 2.37. The van der Waals surface area contributed by atoms with Crippen molar-refractivity contribution >= 4 is 29.0 Å². The highest BCUT2D eigenvalue weighted by molar-refractivity contribution is 7.99. The van der Waals surface area contributed by atoms with Crippen molar-refractivity contribution in [1.29, 1.82) is 0 Å². The lowest BCUT2D eigenvalue weighted by Crippen LogP contribution is -2.38. The fraction of sp³-hybridized carbons (Fsp3) is 0.238. The van der Waals surface area contributed by atoms with E-state index in [0.29, 0.717) is 22.0 Å². The first kappa shape index (κ1) is 19.8. The predicted octanol–water partition coefficient (Wildman–Crippen LogP) is 4.86. The van der Waals surface area contributed by atoms with Gasteiger partial charge in [0, 0.05) is 30.0 Å². The van der Waals surface area contributed by atoms with Crippen LogP contribution >= 0.6 is 23.1 Å². The monoisotopic (exact) mass is 432 g/mol. The Kier molecular flexibility index (Phi) is 6.10. The number of hydrogen-bond donors (Lipinski definition) is 0. The molecule has 4 nitrogen and oxygen atoms in total. The molecule has 0 N–H and O–H groups in total. The molecular formula is C21H18F2N2O2S2. The van der Waals surface area contributed by atoms with Crippen molar-refractivity contribution in [2.24, 2.45) is 0 Å². The summed E-state index contributed by atoms with van der Waals surface area (Å²) in [5.41, 5.74) is 0.967. The number of carbonyl (C=O) groups is 1. The molecule has 4 rings (SSSR count). The number of aromatic nitrogens is 1. The quantitative estimate of drug-likeness (QED) is 0.578. The smallest absolute Gasteiger partial charge is 0.273 e. The average Bonchev–Trinajstić information content (AvgIpc) is 3.24. The van der Waals surface area contributed by atoms with Gasteiger partial charge in [0.2, 0.25) is 0 Å². The molecule has 1 aliphatic rings. The number of ether oxygens (including phenoxy) is 1. The third-order valence-electron chi connectivity index (χ3n) is 4.57. The maximum atomic E-state index is 13.9. The van der Waals surface area contributed by atoms with Crippen molar-refractivity contribution in [3.8, 4) is 16.3 Å². The van der Waals surface area contributed by atoms with E-state index in [-0.39, 0.29) is 18.1 Å². The normalized spacial score (nSPS) is 14.1. The molecule has 1 amide bonds. The molecule has 0 spiro atoms. The second-order valence-electron chi connectivity index (χ2n) is 6.43. The van der Waals surface area contributed by atoms with Crippen LogP contribution < -0.4 is 4.74 Å². The van der Waals surface area contributed by atoms with Gasteiger partial charge in [-0.05, 0) is 24.3 Å². The van der Waals surface area contributed by atoms with Crippen LogP contribution in [0.15, 0.2) is 47.8 Å². The van der Waals surface area contributed by atoms with Gasteiger partial charge in [-0.15, -0.1) is 11.3 Å². The molecule has 150 valence electrons. The van der Waals surface area contributed by atoms with Crippen LogP contribution in [0.3, 0.4) is 0 Å². The summed E-state index contributed by atoms with van der Waals surface area (Å²) in [6.07, 6.45) is 0. The Bertz CT molecular complexity index is 999. The molecule has 29 heavy (non-hydrogen) atoms. The van der Waals surface area contributed by atoms with E-state index >= 15 is 0 Å². The van der Waals surface area contributed by atoms with Gasteiger partial charge in [0.1, 0.15) is 34.7 Å². The largest absolute Gasteiger partial charge is 0.488 e. The van der Waals surface area contributed by atoms with Crippen LogP contribution in [-0.2, 0) is 6.61 Å². The SMILES string of the molecule is O=C(c1csc(-c2ccccc2OCc2c(F)cccc2F)n1)N1CCSCC1. The van der Waals surface area contributed by atoms with E-state index in [4.69, 9.17) is 4.74 Å². The van der Waals surface area contributed by atoms with Crippen LogP contribution in [0.1, 0.15) is 16.1 Å². The van der Waals surface area contributed by atoms with Crippen LogP contribution in [-0.4, -0.2) is 40.4 Å². The van der Waals surface area contributed by atoms with Gasteiger partial charge in [-0.1, -0.05) is 18.2 Å². The van der Waals surface area contributed by atoms with Gasteiger partial charge < -0.3 is 9.64 Å². The first-order valence-electron chi connectivity index (χ1n) is 9.11. The topological polar surface area (TPSA) is 42.4 Å². The fourth-order valence-corrected chi connectivity index (χ4v) is 4.74. The van der Waals surface area contributed by atoms with Crippen LogP contribution in [0.25, 0.3) is 10.6 Å². The molecule has 1 fully saturated rings. The van der Waals surface area contributed by atoms with Gasteiger partial charge in [0.05, 0.1) is 11.1 Å². The highest BCUT2D eigenvalue weighted by Crippen LogP contribution is 2.33. The minimum atomic E-state index is -0.649. The second kappa shape index (κ2) is 8.92. The number of hydrogen-bond acceptors (Lipinski definition) is 5. The molecule has 1 aliphatic heterocycles. The number of rotatable bonds is 5. The Morgan fingerprint density at radius 1 is 1.07 bits per heavy atom. The molecule has 0 unspecified atom stereocenters. The number of nitrogens with zero attached hydrogens (tertiary/aromatic N) is 2. The number of benzene rings is 2. The Balaban J connectivity index is 1.54. The Labute approximate surface area is 175 Å². The van der Waals surface area contributed by atoms with Crippen LogP contribution in [0.4, 0.5) is 8.78 Å². The molecule has 2 heterocycles. The Morgan fingerprint density at radius 2 is 1.79 bits per heavy atom. The number of carbonyl (C=O) groups excluding carboxylic acids is 1. The molecule has 0 radical (unpaired) electrons. The van der Waals surface area contributed by atoms with E-state index in [1.54, 1.807) is 17.5 Å². The number of thiazole rings is 1. The third kappa shape index (κ3) is 4.43. The van der Waals surface area contributed by atoms with E-state index in [1.807, 2.05) is 28.8 Å².